The van der Waals surface area contributed by atoms with E-state index in [1.54, 1.807) is 0 Å². The van der Waals surface area contributed by atoms with Crippen LogP contribution in [0.2, 0.25) is 0 Å². The Bertz CT molecular complexity index is 1020. The van der Waals surface area contributed by atoms with Crippen LogP contribution >= 0.6 is 0 Å². The number of benzene rings is 2. The number of carbonyl (C=O) groups is 3. The Balaban J connectivity index is 1.29. The summed E-state index contributed by atoms with van der Waals surface area (Å²) in [5.41, 5.74) is 4.69. The Morgan fingerprint density at radius 3 is 2.31 bits per heavy atom. The van der Waals surface area contributed by atoms with Crippen molar-refractivity contribution in [3.63, 3.8) is 0 Å². The molecule has 0 radical (unpaired) electrons. The van der Waals surface area contributed by atoms with Crippen molar-refractivity contribution in [1.82, 2.24) is 10.6 Å². The van der Waals surface area contributed by atoms with Crippen molar-refractivity contribution in [3.05, 3.63) is 59.7 Å². The van der Waals surface area contributed by atoms with Crippen LogP contribution in [0.15, 0.2) is 48.5 Å². The van der Waals surface area contributed by atoms with E-state index in [9.17, 15) is 14.4 Å². The van der Waals surface area contributed by atoms with Gasteiger partial charge in [0.25, 0.3) is 0 Å². The van der Waals surface area contributed by atoms with Crippen molar-refractivity contribution in [2.75, 3.05) is 13.2 Å². The van der Waals surface area contributed by atoms with E-state index in [1.807, 2.05) is 31.2 Å². The number of hydrogen-bond donors (Lipinski definition) is 3. The van der Waals surface area contributed by atoms with Gasteiger partial charge in [0.2, 0.25) is 5.91 Å². The van der Waals surface area contributed by atoms with Gasteiger partial charge < -0.3 is 20.5 Å². The van der Waals surface area contributed by atoms with Crippen molar-refractivity contribution in [1.29, 1.82) is 0 Å². The average Bonchev–Trinajstić information content (AvgIpc) is 3.44. The maximum absolute atomic E-state index is 12.9. The first-order valence-corrected chi connectivity index (χ1v) is 12.6. The molecular weight excluding hydrogens is 444 g/mol. The quantitative estimate of drug-likeness (QED) is 0.459. The van der Waals surface area contributed by atoms with Gasteiger partial charge in [-0.2, -0.15) is 0 Å². The lowest BCUT2D eigenvalue weighted by molar-refractivity contribution is -0.138. The van der Waals surface area contributed by atoms with Crippen LogP contribution in [0, 0.1) is 11.8 Å². The summed E-state index contributed by atoms with van der Waals surface area (Å²) in [6.45, 7) is 2.59. The van der Waals surface area contributed by atoms with E-state index in [0.29, 0.717) is 13.0 Å². The summed E-state index contributed by atoms with van der Waals surface area (Å²) in [6.07, 6.45) is 3.38. The summed E-state index contributed by atoms with van der Waals surface area (Å²) in [5.74, 6) is -1.23. The number of carboxylic acid groups (broad SMARTS) is 1. The van der Waals surface area contributed by atoms with Gasteiger partial charge in [-0.05, 0) is 47.4 Å². The third-order valence-electron chi connectivity index (χ3n) is 7.25. The van der Waals surface area contributed by atoms with Crippen LogP contribution in [0.5, 0.6) is 0 Å². The topological polar surface area (TPSA) is 105 Å². The molecule has 3 N–H and O–H groups in total. The SMILES string of the molecule is CCC[C@H](CC(=O)O)NC(=O)[C@H]1CCC[C@H]1CNC(=O)OCC1c2ccccc2-c2ccccc21. The zero-order valence-corrected chi connectivity index (χ0v) is 20.2. The third kappa shape index (κ3) is 5.84. The molecule has 2 aliphatic rings. The van der Waals surface area contributed by atoms with E-state index < -0.39 is 12.1 Å². The Morgan fingerprint density at radius 1 is 1.03 bits per heavy atom. The number of rotatable bonds is 10. The minimum atomic E-state index is -0.913. The molecule has 0 heterocycles. The molecule has 186 valence electrons. The standard InChI is InChI=1S/C28H34N2O5/c1-2-8-19(15-26(31)32)30-27(33)20-14-7-9-18(20)16-29-28(34)35-17-25-23-12-5-3-10-21(23)22-11-4-6-13-24(22)25/h3-6,10-13,18-20,25H,2,7-9,14-17H2,1H3,(H,29,34)(H,30,33)(H,31,32)/t18-,19+,20-/m0/s1. The molecule has 2 aromatic carbocycles. The highest BCUT2D eigenvalue weighted by Crippen LogP contribution is 2.44. The number of nitrogens with one attached hydrogen (secondary N) is 2. The number of fused-ring (bicyclic) bond motifs is 3. The fraction of sp³-hybridized carbons (Fsp3) is 0.464. The zero-order chi connectivity index (χ0) is 24.8. The van der Waals surface area contributed by atoms with Crippen LogP contribution in [0.1, 0.15) is 62.5 Å². The third-order valence-corrected chi connectivity index (χ3v) is 7.25. The van der Waals surface area contributed by atoms with Gasteiger partial charge in [0.05, 0.1) is 6.42 Å². The monoisotopic (exact) mass is 478 g/mol. The molecule has 7 heteroatoms. The van der Waals surface area contributed by atoms with E-state index in [-0.39, 0.29) is 42.7 Å². The van der Waals surface area contributed by atoms with Crippen molar-refractivity contribution >= 4 is 18.0 Å². The minimum Gasteiger partial charge on any atom is -0.481 e. The lowest BCUT2D eigenvalue weighted by Gasteiger charge is -2.23. The number of hydrogen-bond acceptors (Lipinski definition) is 4. The summed E-state index contributed by atoms with van der Waals surface area (Å²) in [7, 11) is 0. The van der Waals surface area contributed by atoms with Crippen LogP contribution in [-0.4, -0.2) is 42.3 Å². The normalized spacial score (nSPS) is 19.5. The molecule has 2 amide bonds. The number of carbonyl (C=O) groups excluding carboxylic acids is 2. The first kappa shape index (κ1) is 24.8. The first-order valence-electron chi connectivity index (χ1n) is 12.6. The fourth-order valence-electron chi connectivity index (χ4n) is 5.58. The summed E-state index contributed by atoms with van der Waals surface area (Å²) < 4.78 is 5.62. The van der Waals surface area contributed by atoms with Gasteiger partial charge in [-0.1, -0.05) is 68.3 Å². The first-order chi connectivity index (χ1) is 17.0. The van der Waals surface area contributed by atoms with Gasteiger partial charge in [0.15, 0.2) is 0 Å². The molecule has 2 aliphatic carbocycles. The molecule has 1 saturated carbocycles. The second-order valence-electron chi connectivity index (χ2n) is 9.60. The molecule has 2 aromatic rings. The maximum Gasteiger partial charge on any atom is 0.407 e. The molecule has 35 heavy (non-hydrogen) atoms. The number of amides is 2. The van der Waals surface area contributed by atoms with E-state index in [1.165, 1.54) is 11.1 Å². The van der Waals surface area contributed by atoms with Crippen LogP contribution in [-0.2, 0) is 14.3 Å². The fourth-order valence-corrected chi connectivity index (χ4v) is 5.58. The molecule has 0 aromatic heterocycles. The lowest BCUT2D eigenvalue weighted by atomic mass is 9.94. The summed E-state index contributed by atoms with van der Waals surface area (Å²) in [6, 6.07) is 16.1. The largest absolute Gasteiger partial charge is 0.481 e. The number of ether oxygens (including phenoxy) is 1. The van der Waals surface area contributed by atoms with Gasteiger partial charge in [-0.15, -0.1) is 0 Å². The molecule has 0 spiro atoms. The summed E-state index contributed by atoms with van der Waals surface area (Å²) in [4.78, 5) is 36.5. The highest BCUT2D eigenvalue weighted by molar-refractivity contribution is 5.81. The van der Waals surface area contributed by atoms with Gasteiger partial charge in [0, 0.05) is 24.4 Å². The second-order valence-corrected chi connectivity index (χ2v) is 9.60. The Labute approximate surface area is 206 Å². The molecule has 1 fully saturated rings. The van der Waals surface area contributed by atoms with Crippen LogP contribution in [0.3, 0.4) is 0 Å². The van der Waals surface area contributed by atoms with E-state index in [2.05, 4.69) is 34.9 Å². The minimum absolute atomic E-state index is 0.00268. The lowest BCUT2D eigenvalue weighted by Crippen LogP contribution is -2.43. The smallest absolute Gasteiger partial charge is 0.407 e. The molecule has 7 nitrogen and oxygen atoms in total. The Kier molecular flexibility index (Phi) is 8.06. The van der Waals surface area contributed by atoms with Gasteiger partial charge in [0.1, 0.15) is 6.61 Å². The predicted molar refractivity (Wildman–Crippen MR) is 133 cm³/mol. The summed E-state index contributed by atoms with van der Waals surface area (Å²) in [5, 5.41) is 14.9. The molecule has 0 bridgehead atoms. The van der Waals surface area contributed by atoms with E-state index in [0.717, 1.165) is 36.8 Å². The van der Waals surface area contributed by atoms with Crippen LogP contribution < -0.4 is 10.6 Å². The van der Waals surface area contributed by atoms with Crippen molar-refractivity contribution in [3.8, 4) is 11.1 Å². The Morgan fingerprint density at radius 2 is 1.69 bits per heavy atom. The van der Waals surface area contributed by atoms with Gasteiger partial charge in [-0.3, -0.25) is 9.59 Å². The highest BCUT2D eigenvalue weighted by atomic mass is 16.5. The predicted octanol–water partition coefficient (Wildman–Crippen LogP) is 4.70. The molecule has 4 rings (SSSR count). The molecule has 0 unspecified atom stereocenters. The average molecular weight is 479 g/mol. The van der Waals surface area contributed by atoms with Crippen LogP contribution in [0.4, 0.5) is 4.79 Å². The van der Waals surface area contributed by atoms with Crippen molar-refractivity contribution < 1.29 is 24.2 Å². The van der Waals surface area contributed by atoms with Crippen molar-refractivity contribution in [2.45, 2.75) is 57.4 Å². The number of alkyl carbamates (subject to hydrolysis) is 1. The van der Waals surface area contributed by atoms with E-state index >= 15 is 0 Å². The van der Waals surface area contributed by atoms with Crippen LogP contribution in [0.25, 0.3) is 11.1 Å². The van der Waals surface area contributed by atoms with E-state index in [4.69, 9.17) is 9.84 Å². The molecule has 3 atom stereocenters. The summed E-state index contributed by atoms with van der Waals surface area (Å²) >= 11 is 0. The maximum atomic E-state index is 12.9. The van der Waals surface area contributed by atoms with Crippen molar-refractivity contribution in [2.24, 2.45) is 11.8 Å². The number of aliphatic carboxylic acids is 1. The highest BCUT2D eigenvalue weighted by Gasteiger charge is 2.34. The number of carboxylic acids is 1. The Hall–Kier alpha value is -3.35. The molecule has 0 aliphatic heterocycles. The second kappa shape index (κ2) is 11.4. The van der Waals surface area contributed by atoms with Gasteiger partial charge >= 0.3 is 12.1 Å². The molecular formula is C28H34N2O5. The van der Waals surface area contributed by atoms with Gasteiger partial charge in [-0.25, -0.2) is 4.79 Å². The zero-order valence-electron chi connectivity index (χ0n) is 20.2. The molecule has 0 saturated heterocycles.